The van der Waals surface area contributed by atoms with Crippen LogP contribution in [0.25, 0.3) is 0 Å². The summed E-state index contributed by atoms with van der Waals surface area (Å²) in [5.74, 6) is 0.123. The molecule has 1 aromatic heterocycles. The third kappa shape index (κ3) is 4.39. The third-order valence-corrected chi connectivity index (χ3v) is 4.73. The number of aliphatic hydroxyl groups excluding tert-OH is 1. The molecule has 126 valence electrons. The maximum atomic E-state index is 12.0. The van der Waals surface area contributed by atoms with Gasteiger partial charge in [0.25, 0.3) is 0 Å². The maximum absolute atomic E-state index is 12.0. The molecular formula is C17H20N4O2S. The summed E-state index contributed by atoms with van der Waals surface area (Å²) in [5, 5.41) is 24.1. The van der Waals surface area contributed by atoms with Crippen LogP contribution in [0.15, 0.2) is 36.4 Å². The fraction of sp³-hybridized carbons (Fsp3) is 0.353. The van der Waals surface area contributed by atoms with Crippen LogP contribution < -0.4 is 10.6 Å². The molecule has 0 spiro atoms. The number of anilines is 1. The van der Waals surface area contributed by atoms with E-state index in [-0.39, 0.29) is 24.6 Å². The highest BCUT2D eigenvalue weighted by Gasteiger charge is 2.20. The van der Waals surface area contributed by atoms with Crippen molar-refractivity contribution in [3.63, 3.8) is 0 Å². The molecular weight excluding hydrogens is 324 g/mol. The van der Waals surface area contributed by atoms with Crippen molar-refractivity contribution >= 4 is 22.5 Å². The summed E-state index contributed by atoms with van der Waals surface area (Å²) < 4.78 is 0. The predicted molar refractivity (Wildman–Crippen MR) is 94.2 cm³/mol. The summed E-state index contributed by atoms with van der Waals surface area (Å²) in [6, 6.07) is 7.92. The van der Waals surface area contributed by atoms with Gasteiger partial charge in [-0.3, -0.25) is 5.32 Å². The molecule has 7 heteroatoms. The Balaban J connectivity index is 1.51. The van der Waals surface area contributed by atoms with E-state index in [4.69, 9.17) is 5.11 Å². The van der Waals surface area contributed by atoms with Crippen molar-refractivity contribution in [3.8, 4) is 0 Å². The first kappa shape index (κ1) is 16.6. The fourth-order valence-corrected chi connectivity index (χ4v) is 3.34. The first-order valence-electron chi connectivity index (χ1n) is 7.87. The molecule has 0 fully saturated rings. The van der Waals surface area contributed by atoms with Crippen molar-refractivity contribution < 1.29 is 9.90 Å². The summed E-state index contributed by atoms with van der Waals surface area (Å²) in [6.45, 7) is 2.16. The lowest BCUT2D eigenvalue weighted by Crippen LogP contribution is -2.36. The van der Waals surface area contributed by atoms with Gasteiger partial charge in [-0.1, -0.05) is 53.3 Å². The number of amides is 2. The van der Waals surface area contributed by atoms with Crippen LogP contribution in [-0.2, 0) is 6.42 Å². The van der Waals surface area contributed by atoms with E-state index in [0.717, 1.165) is 11.4 Å². The molecule has 2 atom stereocenters. The van der Waals surface area contributed by atoms with Crippen molar-refractivity contribution in [1.82, 2.24) is 15.5 Å². The van der Waals surface area contributed by atoms with Crippen LogP contribution in [0.1, 0.15) is 22.6 Å². The van der Waals surface area contributed by atoms with Gasteiger partial charge in [-0.15, -0.1) is 10.2 Å². The second-order valence-electron chi connectivity index (χ2n) is 5.93. The Bertz CT molecular complexity index is 726. The minimum Gasteiger partial charge on any atom is -0.396 e. The number of hydrogen-bond acceptors (Lipinski definition) is 5. The highest BCUT2D eigenvalue weighted by atomic mass is 32.1. The zero-order chi connectivity index (χ0) is 16.9. The Morgan fingerprint density at radius 1 is 1.29 bits per heavy atom. The van der Waals surface area contributed by atoms with Gasteiger partial charge in [0.1, 0.15) is 5.01 Å². The molecule has 1 heterocycles. The van der Waals surface area contributed by atoms with Crippen LogP contribution >= 0.6 is 11.3 Å². The molecule has 1 aliphatic carbocycles. The molecule has 3 N–H and O–H groups in total. The summed E-state index contributed by atoms with van der Waals surface area (Å²) in [7, 11) is 0. The van der Waals surface area contributed by atoms with Gasteiger partial charge < -0.3 is 10.4 Å². The fourth-order valence-electron chi connectivity index (χ4n) is 2.57. The van der Waals surface area contributed by atoms with Gasteiger partial charge in [0.15, 0.2) is 0 Å². The highest BCUT2D eigenvalue weighted by molar-refractivity contribution is 7.15. The van der Waals surface area contributed by atoms with E-state index in [9.17, 15) is 4.79 Å². The Kier molecular flexibility index (Phi) is 5.22. The number of carbonyl (C=O) groups is 1. The van der Waals surface area contributed by atoms with Crippen molar-refractivity contribution in [1.29, 1.82) is 0 Å². The number of urea groups is 1. The minimum atomic E-state index is -0.304. The number of benzene rings is 1. The average Bonchev–Trinajstić information content (AvgIpc) is 3.19. The van der Waals surface area contributed by atoms with Gasteiger partial charge in [0.2, 0.25) is 5.13 Å². The quantitative estimate of drug-likeness (QED) is 0.727. The predicted octanol–water partition coefficient (Wildman–Crippen LogP) is 2.50. The molecule has 6 nitrogen and oxygen atoms in total. The Labute approximate surface area is 144 Å². The van der Waals surface area contributed by atoms with Gasteiger partial charge in [0.05, 0.1) is 0 Å². The molecule has 0 saturated carbocycles. The topological polar surface area (TPSA) is 87.1 Å². The summed E-state index contributed by atoms with van der Waals surface area (Å²) in [4.78, 5) is 12.0. The molecule has 0 bridgehead atoms. The Hall–Kier alpha value is -2.25. The van der Waals surface area contributed by atoms with Gasteiger partial charge in [-0.05, 0) is 18.9 Å². The molecule has 24 heavy (non-hydrogen) atoms. The maximum Gasteiger partial charge on any atom is 0.321 e. The first-order valence-corrected chi connectivity index (χ1v) is 8.68. The van der Waals surface area contributed by atoms with Crippen LogP contribution in [0.4, 0.5) is 9.93 Å². The SMILES string of the molecule is Cc1ccc(Cc2nnc(NC(=O)N[C@@H]3C=C[C@H](CO)C3)s2)cc1. The smallest absolute Gasteiger partial charge is 0.321 e. The van der Waals surface area contributed by atoms with E-state index in [0.29, 0.717) is 11.6 Å². The summed E-state index contributed by atoms with van der Waals surface area (Å²) in [6.07, 6.45) is 5.25. The van der Waals surface area contributed by atoms with Crippen LogP contribution in [-0.4, -0.2) is 34.0 Å². The molecule has 2 amide bonds. The van der Waals surface area contributed by atoms with Crippen molar-refractivity contribution in [3.05, 3.63) is 52.6 Å². The van der Waals surface area contributed by atoms with Crippen LogP contribution in [0.2, 0.25) is 0 Å². The molecule has 1 aromatic carbocycles. The van der Waals surface area contributed by atoms with Gasteiger partial charge in [0, 0.05) is 25.0 Å². The minimum absolute atomic E-state index is 0.0536. The second-order valence-corrected chi connectivity index (χ2v) is 6.99. The van der Waals surface area contributed by atoms with E-state index < -0.39 is 0 Å². The Morgan fingerprint density at radius 2 is 2.08 bits per heavy atom. The molecule has 0 aliphatic heterocycles. The van der Waals surface area contributed by atoms with E-state index in [1.807, 2.05) is 12.2 Å². The summed E-state index contributed by atoms with van der Waals surface area (Å²) in [5.41, 5.74) is 2.39. The van der Waals surface area contributed by atoms with E-state index in [1.165, 1.54) is 22.5 Å². The van der Waals surface area contributed by atoms with Crippen molar-refractivity contribution in [2.75, 3.05) is 11.9 Å². The number of nitrogens with one attached hydrogen (secondary N) is 2. The monoisotopic (exact) mass is 344 g/mol. The van der Waals surface area contributed by atoms with Crippen LogP contribution in [0.3, 0.4) is 0 Å². The van der Waals surface area contributed by atoms with Gasteiger partial charge in [-0.2, -0.15) is 0 Å². The van der Waals surface area contributed by atoms with Crippen molar-refractivity contribution in [2.45, 2.75) is 25.8 Å². The van der Waals surface area contributed by atoms with E-state index >= 15 is 0 Å². The number of rotatable bonds is 5. The standard InChI is InChI=1S/C17H20N4O2S/c1-11-2-4-12(5-3-11)9-15-20-21-17(24-15)19-16(23)18-14-7-6-13(8-14)10-22/h2-7,13-14,22H,8-10H2,1H3,(H2,18,19,21,23)/t13-,14+/m0/s1. The molecule has 2 aromatic rings. The summed E-state index contributed by atoms with van der Waals surface area (Å²) >= 11 is 1.37. The van der Waals surface area contributed by atoms with Gasteiger partial charge >= 0.3 is 6.03 Å². The largest absolute Gasteiger partial charge is 0.396 e. The average molecular weight is 344 g/mol. The lowest BCUT2D eigenvalue weighted by atomic mass is 10.1. The third-order valence-electron chi connectivity index (χ3n) is 3.89. The van der Waals surface area contributed by atoms with Crippen LogP contribution in [0.5, 0.6) is 0 Å². The molecule has 3 rings (SSSR count). The van der Waals surface area contributed by atoms with E-state index in [2.05, 4.69) is 52.0 Å². The van der Waals surface area contributed by atoms with E-state index in [1.54, 1.807) is 0 Å². The number of hydrogen-bond donors (Lipinski definition) is 3. The molecule has 0 saturated heterocycles. The number of aryl methyl sites for hydroxylation is 1. The van der Waals surface area contributed by atoms with Crippen LogP contribution in [0, 0.1) is 12.8 Å². The zero-order valence-electron chi connectivity index (χ0n) is 13.4. The number of aliphatic hydroxyl groups is 1. The molecule has 0 unspecified atom stereocenters. The second kappa shape index (κ2) is 7.55. The first-order chi connectivity index (χ1) is 11.6. The lowest BCUT2D eigenvalue weighted by molar-refractivity contribution is 0.238. The van der Waals surface area contributed by atoms with Crippen molar-refractivity contribution in [2.24, 2.45) is 5.92 Å². The normalized spacial score (nSPS) is 19.4. The zero-order valence-corrected chi connectivity index (χ0v) is 14.2. The Morgan fingerprint density at radius 3 is 2.79 bits per heavy atom. The lowest BCUT2D eigenvalue weighted by Gasteiger charge is -2.12. The molecule has 1 aliphatic rings. The number of aromatic nitrogens is 2. The highest BCUT2D eigenvalue weighted by Crippen LogP contribution is 2.20. The molecule has 0 radical (unpaired) electrons. The number of carbonyl (C=O) groups excluding carboxylic acids is 1. The van der Waals surface area contributed by atoms with Gasteiger partial charge in [-0.25, -0.2) is 4.79 Å². The number of nitrogens with zero attached hydrogens (tertiary/aromatic N) is 2.